The Hall–Kier alpha value is -2.44. The maximum absolute atomic E-state index is 12.3. The van der Waals surface area contributed by atoms with Crippen molar-refractivity contribution in [3.05, 3.63) is 81.1 Å². The first-order valence-corrected chi connectivity index (χ1v) is 9.63. The number of aromatic nitrogens is 1. The monoisotopic (exact) mass is 356 g/mol. The van der Waals surface area contributed by atoms with Crippen molar-refractivity contribution in [2.24, 2.45) is 0 Å². The summed E-state index contributed by atoms with van der Waals surface area (Å²) in [5, 5.41) is 0.882. The summed E-state index contributed by atoms with van der Waals surface area (Å²) in [6.07, 6.45) is 0. The molecule has 0 spiro atoms. The Morgan fingerprint density at radius 1 is 1.00 bits per heavy atom. The predicted molar refractivity (Wildman–Crippen MR) is 99.9 cm³/mol. The third-order valence-electron chi connectivity index (χ3n) is 4.03. The molecule has 0 amide bonds. The van der Waals surface area contributed by atoms with E-state index in [0.717, 1.165) is 27.6 Å². The lowest BCUT2D eigenvalue weighted by atomic mass is 10.1. The summed E-state index contributed by atoms with van der Waals surface area (Å²) < 4.78 is 27.2. The van der Waals surface area contributed by atoms with Gasteiger partial charge in [-0.2, -0.15) is 0 Å². The highest BCUT2D eigenvalue weighted by Crippen LogP contribution is 2.14. The van der Waals surface area contributed by atoms with Crippen LogP contribution in [0.25, 0.3) is 10.9 Å². The van der Waals surface area contributed by atoms with E-state index < -0.39 is 10.0 Å². The Morgan fingerprint density at radius 2 is 1.80 bits per heavy atom. The van der Waals surface area contributed by atoms with Crippen molar-refractivity contribution in [1.82, 2.24) is 9.71 Å². The van der Waals surface area contributed by atoms with Gasteiger partial charge in [0, 0.05) is 17.6 Å². The van der Waals surface area contributed by atoms with Gasteiger partial charge in [0.15, 0.2) is 0 Å². The van der Waals surface area contributed by atoms with Crippen LogP contribution in [0.2, 0.25) is 0 Å². The lowest BCUT2D eigenvalue weighted by molar-refractivity contribution is 0.580. The molecule has 0 saturated carbocycles. The number of nitrogens with one attached hydrogen (secondary N) is 2. The molecule has 1 aromatic heterocycles. The maximum atomic E-state index is 12.3. The van der Waals surface area contributed by atoms with Crippen LogP contribution in [0, 0.1) is 13.8 Å². The lowest BCUT2D eigenvalue weighted by Gasteiger charge is -2.09. The number of aryl methyl sites for hydroxylation is 2. The van der Waals surface area contributed by atoms with Crippen molar-refractivity contribution in [2.75, 3.05) is 0 Å². The number of hydrogen-bond acceptors (Lipinski definition) is 3. The lowest BCUT2D eigenvalue weighted by Crippen LogP contribution is -2.24. The average Bonchev–Trinajstić information content (AvgIpc) is 2.54. The molecule has 6 heteroatoms. The van der Waals surface area contributed by atoms with Crippen LogP contribution in [0.1, 0.15) is 22.3 Å². The molecule has 2 N–H and O–H groups in total. The van der Waals surface area contributed by atoms with E-state index >= 15 is 0 Å². The van der Waals surface area contributed by atoms with Gasteiger partial charge in [0.2, 0.25) is 10.0 Å². The van der Waals surface area contributed by atoms with Gasteiger partial charge in [0.05, 0.1) is 5.75 Å². The average molecular weight is 356 g/mol. The van der Waals surface area contributed by atoms with Gasteiger partial charge in [0.1, 0.15) is 0 Å². The van der Waals surface area contributed by atoms with Gasteiger partial charge in [-0.05, 0) is 48.6 Å². The molecule has 0 aliphatic carbocycles. The second-order valence-electron chi connectivity index (χ2n) is 6.27. The standard InChI is InChI=1S/C19H20N2O3S/c1-13-4-3-5-16(8-13)12-25(23,24)20-11-15-6-7-18-17(10-15)9-14(2)19(22)21-18/h3-10,20H,11-12H2,1-2H3,(H,21,22). The van der Waals surface area contributed by atoms with E-state index in [9.17, 15) is 13.2 Å². The smallest absolute Gasteiger partial charge is 0.251 e. The fraction of sp³-hybridized carbons (Fsp3) is 0.211. The minimum absolute atomic E-state index is 0.0469. The molecule has 0 radical (unpaired) electrons. The van der Waals surface area contributed by atoms with E-state index in [-0.39, 0.29) is 17.9 Å². The van der Waals surface area contributed by atoms with Crippen LogP contribution < -0.4 is 10.3 Å². The third-order valence-corrected chi connectivity index (χ3v) is 5.33. The number of benzene rings is 2. The molecule has 5 nitrogen and oxygen atoms in total. The maximum Gasteiger partial charge on any atom is 0.251 e. The Kier molecular flexibility index (Phi) is 4.74. The summed E-state index contributed by atoms with van der Waals surface area (Å²) >= 11 is 0. The van der Waals surface area contributed by atoms with Gasteiger partial charge in [0.25, 0.3) is 5.56 Å². The van der Waals surface area contributed by atoms with Crippen LogP contribution >= 0.6 is 0 Å². The zero-order valence-corrected chi connectivity index (χ0v) is 15.0. The summed E-state index contributed by atoms with van der Waals surface area (Å²) in [7, 11) is -3.43. The molecule has 1 heterocycles. The van der Waals surface area contributed by atoms with Crippen LogP contribution in [-0.4, -0.2) is 13.4 Å². The topological polar surface area (TPSA) is 79.0 Å². The van der Waals surface area contributed by atoms with E-state index in [2.05, 4.69) is 9.71 Å². The largest absolute Gasteiger partial charge is 0.322 e. The number of hydrogen-bond donors (Lipinski definition) is 2. The van der Waals surface area contributed by atoms with Gasteiger partial charge in [-0.1, -0.05) is 35.9 Å². The Labute approximate surface area is 146 Å². The zero-order valence-electron chi connectivity index (χ0n) is 14.2. The molecule has 130 valence electrons. The van der Waals surface area contributed by atoms with E-state index in [1.165, 1.54) is 0 Å². The fourth-order valence-electron chi connectivity index (χ4n) is 2.74. The molecule has 0 fully saturated rings. The van der Waals surface area contributed by atoms with Crippen LogP contribution in [-0.2, 0) is 22.3 Å². The van der Waals surface area contributed by atoms with E-state index in [1.807, 2.05) is 37.3 Å². The second-order valence-corrected chi connectivity index (χ2v) is 8.08. The number of fused-ring (bicyclic) bond motifs is 1. The van der Waals surface area contributed by atoms with Crippen LogP contribution in [0.4, 0.5) is 0 Å². The number of rotatable bonds is 5. The molecule has 0 saturated heterocycles. The van der Waals surface area contributed by atoms with Crippen molar-refractivity contribution < 1.29 is 8.42 Å². The highest BCUT2D eigenvalue weighted by Gasteiger charge is 2.11. The first-order valence-electron chi connectivity index (χ1n) is 7.98. The van der Waals surface area contributed by atoms with Crippen molar-refractivity contribution in [1.29, 1.82) is 0 Å². The highest BCUT2D eigenvalue weighted by atomic mass is 32.2. The summed E-state index contributed by atoms with van der Waals surface area (Å²) in [5.74, 6) is -0.0469. The van der Waals surface area contributed by atoms with Crippen molar-refractivity contribution in [2.45, 2.75) is 26.1 Å². The minimum Gasteiger partial charge on any atom is -0.322 e. The van der Waals surface area contributed by atoms with Crippen LogP contribution in [0.15, 0.2) is 53.3 Å². The molecule has 0 atom stereocenters. The van der Waals surface area contributed by atoms with Crippen LogP contribution in [0.3, 0.4) is 0 Å². The van der Waals surface area contributed by atoms with Gasteiger partial charge in [-0.3, -0.25) is 4.79 Å². The summed E-state index contributed by atoms with van der Waals surface area (Å²) in [5.41, 5.74) is 3.89. The van der Waals surface area contributed by atoms with E-state index in [0.29, 0.717) is 5.56 Å². The van der Waals surface area contributed by atoms with Crippen molar-refractivity contribution >= 4 is 20.9 Å². The molecule has 25 heavy (non-hydrogen) atoms. The fourth-order valence-corrected chi connectivity index (χ4v) is 3.85. The quantitative estimate of drug-likeness (QED) is 0.738. The molecular weight excluding hydrogens is 336 g/mol. The van der Waals surface area contributed by atoms with E-state index in [4.69, 9.17) is 0 Å². The van der Waals surface area contributed by atoms with Crippen LogP contribution in [0.5, 0.6) is 0 Å². The molecule has 0 bridgehead atoms. The van der Waals surface area contributed by atoms with Crippen molar-refractivity contribution in [3.8, 4) is 0 Å². The van der Waals surface area contributed by atoms with Crippen molar-refractivity contribution in [3.63, 3.8) is 0 Å². The minimum atomic E-state index is -3.43. The molecule has 0 aliphatic heterocycles. The number of pyridine rings is 1. The SMILES string of the molecule is Cc1cccc(CS(=O)(=O)NCc2ccc3[nH]c(=O)c(C)cc3c2)c1. The first-order chi connectivity index (χ1) is 11.8. The van der Waals surface area contributed by atoms with Gasteiger partial charge in [-0.15, -0.1) is 0 Å². The Balaban J connectivity index is 1.75. The normalized spacial score (nSPS) is 11.8. The molecular formula is C19H20N2O3S. The highest BCUT2D eigenvalue weighted by molar-refractivity contribution is 7.88. The van der Waals surface area contributed by atoms with Gasteiger partial charge >= 0.3 is 0 Å². The first kappa shape index (κ1) is 17.4. The Morgan fingerprint density at radius 3 is 2.56 bits per heavy atom. The second kappa shape index (κ2) is 6.82. The summed E-state index contributed by atoms with van der Waals surface area (Å²) in [6.45, 7) is 3.89. The predicted octanol–water partition coefficient (Wildman–Crippen LogP) is 2.76. The zero-order chi connectivity index (χ0) is 18.0. The number of sulfonamides is 1. The molecule has 3 rings (SSSR count). The third kappa shape index (κ3) is 4.35. The number of aromatic amines is 1. The van der Waals surface area contributed by atoms with Gasteiger partial charge in [-0.25, -0.2) is 13.1 Å². The molecule has 0 aliphatic rings. The Bertz CT molecular complexity index is 1090. The summed E-state index contributed by atoms with van der Waals surface area (Å²) in [4.78, 5) is 14.4. The molecule has 2 aromatic carbocycles. The number of H-pyrrole nitrogens is 1. The summed E-state index contributed by atoms with van der Waals surface area (Å²) in [6, 6.07) is 14.8. The van der Waals surface area contributed by atoms with E-state index in [1.54, 1.807) is 25.1 Å². The van der Waals surface area contributed by atoms with Gasteiger partial charge < -0.3 is 4.98 Å². The molecule has 0 unspecified atom stereocenters. The molecule has 3 aromatic rings.